The molecule has 0 bridgehead atoms. The van der Waals surface area contributed by atoms with Crippen molar-refractivity contribution in [2.24, 2.45) is 0 Å². The summed E-state index contributed by atoms with van der Waals surface area (Å²) in [5.74, 6) is 0.125. The van der Waals surface area contributed by atoms with Crippen LogP contribution >= 0.6 is 23.1 Å². The molecule has 1 N–H and O–H groups in total. The van der Waals surface area contributed by atoms with Gasteiger partial charge in [0, 0.05) is 5.75 Å². The van der Waals surface area contributed by atoms with Gasteiger partial charge >= 0.3 is 5.97 Å². The molecule has 0 aliphatic carbocycles. The van der Waals surface area contributed by atoms with Gasteiger partial charge in [-0.15, -0.1) is 11.3 Å². The maximum Gasteiger partial charge on any atom is 0.307 e. The Morgan fingerprint density at radius 3 is 2.94 bits per heavy atom. The Hall–Kier alpha value is -1.07. The molecule has 0 fully saturated rings. The summed E-state index contributed by atoms with van der Waals surface area (Å²) in [5.41, 5.74) is 1.80. The quantitative estimate of drug-likeness (QED) is 0.910. The van der Waals surface area contributed by atoms with Gasteiger partial charge in [-0.05, 0) is 22.9 Å². The van der Waals surface area contributed by atoms with E-state index in [0.29, 0.717) is 5.25 Å². The summed E-state index contributed by atoms with van der Waals surface area (Å²) in [5, 5.41) is 10.5. The van der Waals surface area contributed by atoms with Crippen LogP contribution < -0.4 is 0 Å². The van der Waals surface area contributed by atoms with E-state index in [4.69, 9.17) is 5.11 Å². The summed E-state index contributed by atoms with van der Waals surface area (Å²) >= 11 is 3.52. The van der Waals surface area contributed by atoms with Gasteiger partial charge in [0.1, 0.15) is 5.01 Å². The van der Waals surface area contributed by atoms with Crippen LogP contribution in [0.5, 0.6) is 0 Å². The summed E-state index contributed by atoms with van der Waals surface area (Å²) < 4.78 is 1.08. The van der Waals surface area contributed by atoms with Crippen molar-refractivity contribution in [2.75, 3.05) is 0 Å². The van der Waals surface area contributed by atoms with Crippen LogP contribution in [0.25, 0.3) is 10.2 Å². The van der Waals surface area contributed by atoms with Crippen LogP contribution in [0.1, 0.15) is 24.4 Å². The second-order valence-electron chi connectivity index (χ2n) is 4.34. The van der Waals surface area contributed by atoms with Crippen LogP contribution in [0.3, 0.4) is 0 Å². The first-order valence-corrected chi connectivity index (χ1v) is 7.63. The molecule has 0 aliphatic heterocycles. The number of rotatable bonds is 5. The number of aliphatic carboxylic acids is 1. The number of thiazole rings is 1. The summed E-state index contributed by atoms with van der Waals surface area (Å²) in [6.45, 7) is 4.34. The van der Waals surface area contributed by atoms with Crippen molar-refractivity contribution < 1.29 is 9.90 Å². The summed E-state index contributed by atoms with van der Waals surface area (Å²) in [6, 6.07) is 5.69. The number of carboxylic acids is 1. The number of hydrogen-bond donors (Lipinski definition) is 1. The molecule has 0 saturated heterocycles. The molecule has 2 rings (SSSR count). The minimum Gasteiger partial charge on any atom is -0.481 e. The van der Waals surface area contributed by atoms with Crippen LogP contribution in [-0.2, 0) is 17.0 Å². The van der Waals surface area contributed by atoms with Gasteiger partial charge in [0.15, 0.2) is 0 Å². The zero-order valence-electron chi connectivity index (χ0n) is 10.3. The minimum absolute atomic E-state index is 0.0733. The molecule has 0 atom stereocenters. The van der Waals surface area contributed by atoms with Gasteiger partial charge in [0.05, 0.1) is 16.6 Å². The van der Waals surface area contributed by atoms with Gasteiger partial charge < -0.3 is 5.11 Å². The van der Waals surface area contributed by atoms with Crippen LogP contribution in [0.15, 0.2) is 18.2 Å². The molecule has 2 aromatic rings. The van der Waals surface area contributed by atoms with Crippen LogP contribution in [0, 0.1) is 0 Å². The van der Waals surface area contributed by atoms with Crippen molar-refractivity contribution in [3.05, 3.63) is 28.8 Å². The molecule has 1 aromatic carbocycles. The fourth-order valence-corrected chi connectivity index (χ4v) is 3.41. The normalized spacial score (nSPS) is 11.3. The molecule has 3 nitrogen and oxygen atoms in total. The van der Waals surface area contributed by atoms with Gasteiger partial charge in [-0.3, -0.25) is 4.79 Å². The lowest BCUT2D eigenvalue weighted by Gasteiger charge is -2.00. The summed E-state index contributed by atoms with van der Waals surface area (Å²) in [6.07, 6.45) is 0.0733. The summed E-state index contributed by atoms with van der Waals surface area (Å²) in [7, 11) is 0. The first-order chi connectivity index (χ1) is 8.54. The highest BCUT2D eigenvalue weighted by molar-refractivity contribution is 7.99. The third kappa shape index (κ3) is 3.46. The van der Waals surface area contributed by atoms with Gasteiger partial charge in [-0.25, -0.2) is 4.98 Å². The van der Waals surface area contributed by atoms with Crippen molar-refractivity contribution in [2.45, 2.75) is 31.3 Å². The Morgan fingerprint density at radius 1 is 1.50 bits per heavy atom. The molecule has 96 valence electrons. The lowest BCUT2D eigenvalue weighted by Crippen LogP contribution is -1.99. The van der Waals surface area contributed by atoms with E-state index in [2.05, 4.69) is 18.8 Å². The molecule has 0 saturated carbocycles. The topological polar surface area (TPSA) is 50.2 Å². The van der Waals surface area contributed by atoms with E-state index in [0.717, 1.165) is 26.5 Å². The SMILES string of the molecule is CC(C)SCc1nc2ccc(CC(=O)O)cc2s1. The highest BCUT2D eigenvalue weighted by Gasteiger charge is 2.07. The Kier molecular flexibility index (Phi) is 4.24. The predicted octanol–water partition coefficient (Wildman–Crippen LogP) is 3.57. The highest BCUT2D eigenvalue weighted by Crippen LogP contribution is 2.27. The van der Waals surface area contributed by atoms with Crippen molar-refractivity contribution in [3.63, 3.8) is 0 Å². The average molecular weight is 281 g/mol. The standard InChI is InChI=1S/C13H15NO2S2/c1-8(2)17-7-12-14-10-4-3-9(6-13(15)16)5-11(10)18-12/h3-5,8H,6-7H2,1-2H3,(H,15,16). The molecule has 1 aromatic heterocycles. The monoisotopic (exact) mass is 281 g/mol. The highest BCUT2D eigenvalue weighted by atomic mass is 32.2. The third-order valence-corrected chi connectivity index (χ3v) is 4.70. The number of nitrogens with zero attached hydrogens (tertiary/aromatic N) is 1. The molecule has 0 unspecified atom stereocenters. The lowest BCUT2D eigenvalue weighted by molar-refractivity contribution is -0.136. The maximum atomic E-state index is 10.7. The number of fused-ring (bicyclic) bond motifs is 1. The molecule has 5 heteroatoms. The molecule has 0 spiro atoms. The van der Waals surface area contributed by atoms with Crippen molar-refractivity contribution >= 4 is 39.3 Å². The minimum atomic E-state index is -0.797. The van der Waals surface area contributed by atoms with E-state index in [-0.39, 0.29) is 6.42 Å². The number of aromatic nitrogens is 1. The van der Waals surface area contributed by atoms with Crippen LogP contribution in [-0.4, -0.2) is 21.3 Å². The number of hydrogen-bond acceptors (Lipinski definition) is 4. The first-order valence-electron chi connectivity index (χ1n) is 5.76. The zero-order chi connectivity index (χ0) is 13.1. The van der Waals surface area contributed by atoms with E-state index >= 15 is 0 Å². The van der Waals surface area contributed by atoms with E-state index in [1.807, 2.05) is 30.0 Å². The van der Waals surface area contributed by atoms with Gasteiger partial charge in [-0.2, -0.15) is 11.8 Å². The fraction of sp³-hybridized carbons (Fsp3) is 0.385. The van der Waals surface area contributed by atoms with Crippen LogP contribution in [0.4, 0.5) is 0 Å². The van der Waals surface area contributed by atoms with Gasteiger partial charge in [-0.1, -0.05) is 19.9 Å². The molecule has 0 aliphatic rings. The maximum absolute atomic E-state index is 10.7. The molecule has 0 radical (unpaired) electrons. The van der Waals surface area contributed by atoms with Crippen LogP contribution in [0.2, 0.25) is 0 Å². The van der Waals surface area contributed by atoms with E-state index in [1.54, 1.807) is 11.3 Å². The lowest BCUT2D eigenvalue weighted by atomic mass is 10.1. The predicted molar refractivity (Wildman–Crippen MR) is 77.4 cm³/mol. The Labute approximate surface area is 114 Å². The van der Waals surface area contributed by atoms with E-state index in [9.17, 15) is 4.79 Å². The molecule has 1 heterocycles. The Morgan fingerprint density at radius 2 is 2.28 bits per heavy atom. The Bertz CT molecular complexity index is 563. The largest absolute Gasteiger partial charge is 0.481 e. The van der Waals surface area contributed by atoms with Gasteiger partial charge in [0.2, 0.25) is 0 Å². The Balaban J connectivity index is 2.19. The third-order valence-electron chi connectivity index (χ3n) is 2.39. The second-order valence-corrected chi connectivity index (χ2v) is 7.02. The molecular weight excluding hydrogens is 266 g/mol. The number of carbonyl (C=O) groups is 1. The zero-order valence-corrected chi connectivity index (χ0v) is 12.0. The van der Waals surface area contributed by atoms with Crippen molar-refractivity contribution in [3.8, 4) is 0 Å². The van der Waals surface area contributed by atoms with E-state index in [1.165, 1.54) is 0 Å². The fourth-order valence-electron chi connectivity index (χ4n) is 1.60. The number of thioether (sulfide) groups is 1. The van der Waals surface area contributed by atoms with Gasteiger partial charge in [0.25, 0.3) is 0 Å². The molecule has 18 heavy (non-hydrogen) atoms. The summed E-state index contributed by atoms with van der Waals surface area (Å²) in [4.78, 5) is 15.2. The second kappa shape index (κ2) is 5.71. The molecular formula is C13H15NO2S2. The number of benzene rings is 1. The molecule has 0 amide bonds. The number of carboxylic acid groups (broad SMARTS) is 1. The first kappa shape index (κ1) is 13.4. The average Bonchev–Trinajstić information content (AvgIpc) is 2.67. The smallest absolute Gasteiger partial charge is 0.307 e. The van der Waals surface area contributed by atoms with E-state index < -0.39 is 5.97 Å². The van der Waals surface area contributed by atoms with Crippen molar-refractivity contribution in [1.29, 1.82) is 0 Å². The van der Waals surface area contributed by atoms with Crippen molar-refractivity contribution in [1.82, 2.24) is 4.98 Å².